The van der Waals surface area contributed by atoms with E-state index in [4.69, 9.17) is 45.8 Å². The average molecular weight is 882 g/mol. The Balaban J connectivity index is -0.000000175. The van der Waals surface area contributed by atoms with Gasteiger partial charge in [-0.05, 0) is 12.1 Å². The molecule has 6 N–H and O–H groups in total. The zero-order chi connectivity index (χ0) is 37.2. The fourth-order valence-electron chi connectivity index (χ4n) is 2.58. The van der Waals surface area contributed by atoms with Crippen LogP contribution in [0.4, 0.5) is 23.2 Å². The molecule has 1 unspecified atom stereocenters. The summed E-state index contributed by atoms with van der Waals surface area (Å²) in [6.45, 7) is 7.00. The summed E-state index contributed by atoms with van der Waals surface area (Å²) >= 11 is 10.9. The number of dihydropyridines is 1. The van der Waals surface area contributed by atoms with Gasteiger partial charge in [-0.25, -0.2) is 27.5 Å². The van der Waals surface area contributed by atoms with Gasteiger partial charge in [-0.2, -0.15) is 8.42 Å². The molecule has 0 radical (unpaired) electrons. The molecular formula is C26H28BrCl2F4MgN7O10S. The van der Waals surface area contributed by atoms with Crippen LogP contribution in [0.15, 0.2) is 84.2 Å². The third-order valence-electron chi connectivity index (χ3n) is 4.39. The average Bonchev–Trinajstić information content (AvgIpc) is 3.52. The van der Waals surface area contributed by atoms with Crippen LogP contribution >= 0.6 is 23.2 Å². The molecule has 1 atom stereocenters. The Kier molecular flexibility index (Phi) is 31.5. The summed E-state index contributed by atoms with van der Waals surface area (Å²) in [6, 6.07) is 4.59. The van der Waals surface area contributed by atoms with Crippen LogP contribution in [0.5, 0.6) is 0 Å². The number of hydrogen-bond donors (Lipinski definition) is 6. The third kappa shape index (κ3) is 23.5. The molecule has 1 aliphatic heterocycles. The van der Waals surface area contributed by atoms with E-state index in [1.54, 1.807) is 12.3 Å². The van der Waals surface area contributed by atoms with Gasteiger partial charge in [-0.15, -0.1) is 0 Å². The summed E-state index contributed by atoms with van der Waals surface area (Å²) in [7, 11) is -4.67. The largest absolute Gasteiger partial charge is 2.00 e. The standard InChI is InChI=1S/C7H4ClFN2.C5H2ClFN2O2.C5H5FN2O3.C5H4FNO.C2H3.2CH4.BrH.Mg.H2O4S/c8-7-6-4(1-2-10-6)5(9)3-11-7;6-5-4(9(10)11)1-3(7)2-8-5;6-3-1-4(8(10)11)5(9)7-2-3;6-4-1-2-5(8)7-3-4;1-2;;;;;1-5(2,3)4/h1-3,10H;1-2H;1-2,5,7,9H;1-3H,(H,7,8);1H,2H2;2*1H4;1H;;(H2,1,2,3,4)/q;;;;-1;;;;+2;/p-1. The zero-order valence-electron chi connectivity index (χ0n) is 24.4. The molecule has 26 heteroatoms. The first-order valence-corrected chi connectivity index (χ1v) is 13.8. The number of aromatic nitrogens is 4. The molecule has 0 bridgehead atoms. The van der Waals surface area contributed by atoms with Crippen molar-refractivity contribution in [2.75, 3.05) is 0 Å². The van der Waals surface area contributed by atoms with Crippen molar-refractivity contribution in [3.63, 3.8) is 0 Å². The summed E-state index contributed by atoms with van der Waals surface area (Å²) in [5, 5.41) is 31.5. The van der Waals surface area contributed by atoms with E-state index >= 15 is 0 Å². The number of nitro groups is 2. The van der Waals surface area contributed by atoms with Gasteiger partial charge < -0.3 is 44.0 Å². The molecule has 1 aliphatic rings. The summed E-state index contributed by atoms with van der Waals surface area (Å²) in [4.78, 5) is 40.6. The molecule has 4 aromatic rings. The quantitative estimate of drug-likeness (QED) is 0.0322. The van der Waals surface area contributed by atoms with Gasteiger partial charge in [-0.1, -0.05) is 38.1 Å². The van der Waals surface area contributed by atoms with Crippen molar-refractivity contribution < 1.29 is 67.0 Å². The molecule has 17 nitrogen and oxygen atoms in total. The Morgan fingerprint density at radius 2 is 1.46 bits per heavy atom. The van der Waals surface area contributed by atoms with Gasteiger partial charge in [0.1, 0.15) is 17.5 Å². The van der Waals surface area contributed by atoms with Crippen molar-refractivity contribution in [2.45, 2.75) is 21.1 Å². The van der Waals surface area contributed by atoms with Crippen LogP contribution in [-0.4, -0.2) is 81.7 Å². The topological polar surface area (TPSA) is 268 Å². The summed E-state index contributed by atoms with van der Waals surface area (Å²) in [5.74, 6) is -2.33. The summed E-state index contributed by atoms with van der Waals surface area (Å²) < 4.78 is 80.9. The second-order valence-electron chi connectivity index (χ2n) is 7.63. The first-order chi connectivity index (χ1) is 22.3. The number of nitrogens with one attached hydrogen (secondary N) is 3. The van der Waals surface area contributed by atoms with Gasteiger partial charge in [0.2, 0.25) is 16.9 Å². The number of aromatic amines is 2. The molecule has 0 amide bonds. The molecular weight excluding hydrogens is 853 g/mol. The second kappa shape index (κ2) is 28.6. The molecule has 0 saturated carbocycles. The van der Waals surface area contributed by atoms with Crippen molar-refractivity contribution in [1.29, 1.82) is 0 Å². The Hall–Kier alpha value is -4.01. The predicted molar refractivity (Wildman–Crippen MR) is 181 cm³/mol. The molecule has 0 saturated heterocycles. The number of aliphatic hydroxyl groups excluding tert-OH is 1. The minimum absolute atomic E-state index is 0. The van der Waals surface area contributed by atoms with Gasteiger partial charge in [0.05, 0.1) is 39.9 Å². The first kappa shape index (κ1) is 57.3. The minimum atomic E-state index is -4.67. The Morgan fingerprint density at radius 3 is 1.87 bits per heavy atom. The Morgan fingerprint density at radius 1 is 0.923 bits per heavy atom. The van der Waals surface area contributed by atoms with Crippen LogP contribution in [0.2, 0.25) is 10.3 Å². The fraction of sp³-hybridized carbons (Fsp3) is 0.115. The number of allylic oxidation sites excluding steroid dienone is 2. The number of rotatable bonds is 2. The number of nitrogens with zero attached hydrogens (tertiary/aromatic N) is 4. The number of pyridine rings is 3. The molecule has 5 heterocycles. The summed E-state index contributed by atoms with van der Waals surface area (Å²) in [5.41, 5.74) is -0.852. The van der Waals surface area contributed by atoms with Crippen LogP contribution in [-0.2, 0) is 10.4 Å². The number of hydrogen-bond acceptors (Lipinski definition) is 11. The van der Waals surface area contributed by atoms with E-state index in [1.165, 1.54) is 0 Å². The predicted octanol–water partition coefficient (Wildman–Crippen LogP) is 2.38. The van der Waals surface area contributed by atoms with Crippen molar-refractivity contribution >= 4 is 73.2 Å². The summed E-state index contributed by atoms with van der Waals surface area (Å²) in [6.07, 6.45) is 4.67. The zero-order valence-corrected chi connectivity index (χ0v) is 29.7. The van der Waals surface area contributed by atoms with E-state index in [2.05, 4.69) is 38.4 Å². The van der Waals surface area contributed by atoms with Crippen molar-refractivity contribution in [1.82, 2.24) is 25.3 Å². The number of H-pyrrole nitrogens is 2. The monoisotopic (exact) mass is 879 g/mol. The minimum Gasteiger partial charge on any atom is -1.00 e. The molecule has 5 rings (SSSR count). The van der Waals surface area contributed by atoms with Gasteiger partial charge in [-0.3, -0.25) is 40.7 Å². The molecule has 284 valence electrons. The van der Waals surface area contributed by atoms with Crippen LogP contribution < -0.4 is 27.9 Å². The van der Waals surface area contributed by atoms with E-state index in [0.29, 0.717) is 22.1 Å². The SMILES string of the molecule is C.C.Fc1cnc(Cl)c2[nH]ccc12.O=S(=O)(O)O.O=[N+]([O-])C1=CC(F)=CNC1O.O=[N+]([O-])c1cc(F)cnc1Cl.O=c1ccc(F)c[nH]1.[Br-].[CH-]=C.[Mg+2]. The van der Waals surface area contributed by atoms with Gasteiger partial charge in [0, 0.05) is 30.0 Å². The van der Waals surface area contributed by atoms with Gasteiger partial charge >= 0.3 is 39.1 Å². The van der Waals surface area contributed by atoms with Crippen LogP contribution in [0.1, 0.15) is 14.9 Å². The molecule has 52 heavy (non-hydrogen) atoms. The van der Waals surface area contributed by atoms with E-state index in [-0.39, 0.29) is 71.4 Å². The number of aliphatic hydroxyl groups is 1. The maximum absolute atomic E-state index is 12.9. The maximum atomic E-state index is 12.9. The second-order valence-corrected chi connectivity index (χ2v) is 9.24. The molecule has 0 aromatic carbocycles. The third-order valence-corrected chi connectivity index (χ3v) is 4.97. The van der Waals surface area contributed by atoms with Crippen LogP contribution in [0.25, 0.3) is 10.9 Å². The smallest absolute Gasteiger partial charge is 1.00 e. The molecule has 0 aliphatic carbocycles. The van der Waals surface area contributed by atoms with Gasteiger partial charge in [0.15, 0.2) is 11.0 Å². The number of fused-ring (bicyclic) bond motifs is 1. The van der Waals surface area contributed by atoms with E-state index < -0.39 is 55.3 Å². The van der Waals surface area contributed by atoms with Crippen molar-refractivity contribution in [3.8, 4) is 0 Å². The maximum Gasteiger partial charge on any atom is 2.00 e. The molecule has 0 spiro atoms. The Labute approximate surface area is 329 Å². The van der Waals surface area contributed by atoms with Crippen molar-refractivity contribution in [2.24, 2.45) is 0 Å². The fourth-order valence-corrected chi connectivity index (χ4v) is 2.95. The normalized spacial score (nSPS) is 11.8. The molecule has 4 aromatic heterocycles. The molecule has 0 fully saturated rings. The van der Waals surface area contributed by atoms with Crippen LogP contribution in [0.3, 0.4) is 0 Å². The number of halogens is 7. The van der Waals surface area contributed by atoms with E-state index in [9.17, 15) is 42.6 Å². The van der Waals surface area contributed by atoms with E-state index in [0.717, 1.165) is 43.0 Å². The first-order valence-electron chi connectivity index (χ1n) is 11.6. The Bertz CT molecular complexity index is 1880. The van der Waals surface area contributed by atoms with Gasteiger partial charge in [0.25, 0.3) is 5.70 Å². The van der Waals surface area contributed by atoms with Crippen LogP contribution in [0, 0.1) is 44.3 Å². The van der Waals surface area contributed by atoms with Crippen molar-refractivity contribution in [3.05, 3.63) is 144 Å². The van der Waals surface area contributed by atoms with E-state index in [1.807, 2.05) is 0 Å².